The van der Waals surface area contributed by atoms with Crippen LogP contribution in [0.4, 0.5) is 5.69 Å². The molecule has 2 aromatic carbocycles. The molecule has 0 saturated carbocycles. The van der Waals surface area contributed by atoms with Crippen LogP contribution in [0, 0.1) is 0 Å². The average Bonchev–Trinajstić information content (AvgIpc) is 2.86. The number of hydrogen-bond acceptors (Lipinski definition) is 6. The standard InChI is InChI=1S/C18H15N3O4/c1-21-14-8-4-3-7-13(14)17(18(21)24)20-19-10-12-6-2-5-9-15(12)25-11-16(22)23/h2-10H,11H2,1H3,(H,22,23)/p-1/b19-10-,20-17-. The molecule has 0 N–H and O–H groups in total. The number of benzene rings is 2. The summed E-state index contributed by atoms with van der Waals surface area (Å²) in [7, 11) is 1.68. The van der Waals surface area contributed by atoms with E-state index < -0.39 is 12.6 Å². The number of fused-ring (bicyclic) bond motifs is 1. The number of hydrogen-bond donors (Lipinski definition) is 0. The number of ether oxygens (including phenoxy) is 1. The van der Waals surface area contributed by atoms with E-state index in [2.05, 4.69) is 10.2 Å². The lowest BCUT2D eigenvalue weighted by Gasteiger charge is -2.08. The summed E-state index contributed by atoms with van der Waals surface area (Å²) >= 11 is 0. The van der Waals surface area contributed by atoms with Crippen molar-refractivity contribution in [2.45, 2.75) is 0 Å². The van der Waals surface area contributed by atoms with E-state index in [0.717, 1.165) is 5.69 Å². The molecule has 7 nitrogen and oxygen atoms in total. The van der Waals surface area contributed by atoms with Gasteiger partial charge in [-0.2, -0.15) is 5.10 Å². The van der Waals surface area contributed by atoms with E-state index in [-0.39, 0.29) is 11.6 Å². The molecule has 0 unspecified atom stereocenters. The van der Waals surface area contributed by atoms with Gasteiger partial charge in [-0.1, -0.05) is 30.3 Å². The lowest BCUT2D eigenvalue weighted by Crippen LogP contribution is -2.29. The minimum absolute atomic E-state index is 0.236. The summed E-state index contributed by atoms with van der Waals surface area (Å²) in [5, 5.41) is 18.5. The number of carbonyl (C=O) groups excluding carboxylic acids is 2. The van der Waals surface area contributed by atoms with Gasteiger partial charge in [0.05, 0.1) is 17.9 Å². The molecule has 0 aliphatic carbocycles. The predicted molar refractivity (Wildman–Crippen MR) is 90.9 cm³/mol. The number of likely N-dealkylation sites (N-methyl/N-ethyl adjacent to an activating group) is 1. The molecule has 0 bridgehead atoms. The topological polar surface area (TPSA) is 94.4 Å². The minimum Gasteiger partial charge on any atom is -0.546 e. The van der Waals surface area contributed by atoms with E-state index >= 15 is 0 Å². The van der Waals surface area contributed by atoms with Crippen LogP contribution in [0.25, 0.3) is 0 Å². The molecule has 0 spiro atoms. The number of carbonyl (C=O) groups is 2. The van der Waals surface area contributed by atoms with Crippen molar-refractivity contribution in [3.63, 3.8) is 0 Å². The minimum atomic E-state index is -1.32. The maximum absolute atomic E-state index is 12.3. The average molecular weight is 336 g/mol. The lowest BCUT2D eigenvalue weighted by molar-refractivity contribution is -0.307. The van der Waals surface area contributed by atoms with Gasteiger partial charge in [-0.15, -0.1) is 5.10 Å². The molecule has 2 aromatic rings. The highest BCUT2D eigenvalue weighted by molar-refractivity contribution is 6.54. The third kappa shape index (κ3) is 3.40. The zero-order valence-corrected chi connectivity index (χ0v) is 13.4. The van der Waals surface area contributed by atoms with E-state index in [1.165, 1.54) is 11.1 Å². The number of anilines is 1. The van der Waals surface area contributed by atoms with E-state index in [1.54, 1.807) is 31.3 Å². The van der Waals surface area contributed by atoms with Crippen LogP contribution in [-0.4, -0.2) is 37.5 Å². The summed E-state index contributed by atoms with van der Waals surface area (Å²) in [6.45, 7) is -0.559. The van der Waals surface area contributed by atoms with Gasteiger partial charge < -0.3 is 19.5 Å². The zero-order valence-electron chi connectivity index (χ0n) is 13.4. The number of carboxylic acid groups (broad SMARTS) is 1. The number of nitrogens with zero attached hydrogens (tertiary/aromatic N) is 3. The van der Waals surface area contributed by atoms with Gasteiger partial charge >= 0.3 is 0 Å². The van der Waals surface area contributed by atoms with Crippen molar-refractivity contribution in [3.8, 4) is 5.75 Å². The lowest BCUT2D eigenvalue weighted by atomic mass is 10.1. The van der Waals surface area contributed by atoms with Crippen molar-refractivity contribution in [2.75, 3.05) is 18.6 Å². The highest BCUT2D eigenvalue weighted by atomic mass is 16.5. The second-order valence-corrected chi connectivity index (χ2v) is 5.27. The molecular formula is C18H14N3O4-. The zero-order chi connectivity index (χ0) is 17.8. The number of para-hydroxylation sites is 2. The fourth-order valence-corrected chi connectivity index (χ4v) is 2.45. The molecule has 25 heavy (non-hydrogen) atoms. The van der Waals surface area contributed by atoms with Crippen molar-refractivity contribution in [1.29, 1.82) is 0 Å². The van der Waals surface area contributed by atoms with Crippen molar-refractivity contribution in [2.24, 2.45) is 10.2 Å². The van der Waals surface area contributed by atoms with Gasteiger partial charge in [0, 0.05) is 18.2 Å². The van der Waals surface area contributed by atoms with Crippen LogP contribution in [0.2, 0.25) is 0 Å². The maximum Gasteiger partial charge on any atom is 0.279 e. The van der Waals surface area contributed by atoms with Gasteiger partial charge in [-0.25, -0.2) is 0 Å². The molecule has 126 valence electrons. The summed E-state index contributed by atoms with van der Waals surface area (Å²) in [5.74, 6) is -1.21. The first-order chi connectivity index (χ1) is 12.1. The van der Waals surface area contributed by atoms with Gasteiger partial charge in [-0.05, 0) is 18.2 Å². The van der Waals surface area contributed by atoms with Crippen molar-refractivity contribution >= 4 is 29.5 Å². The number of aliphatic carboxylic acids is 1. The van der Waals surface area contributed by atoms with Gasteiger partial charge in [0.1, 0.15) is 12.4 Å². The molecule has 7 heteroatoms. The first-order valence-electron chi connectivity index (χ1n) is 7.48. The fraction of sp³-hybridized carbons (Fsp3) is 0.111. The van der Waals surface area contributed by atoms with Gasteiger partial charge in [0.25, 0.3) is 5.91 Å². The van der Waals surface area contributed by atoms with Crippen LogP contribution in [0.5, 0.6) is 5.75 Å². The Morgan fingerprint density at radius 2 is 1.92 bits per heavy atom. The first kappa shape index (κ1) is 16.4. The smallest absolute Gasteiger partial charge is 0.279 e. The SMILES string of the molecule is CN1C(=O)/C(=N\N=C/c2ccccc2OCC(=O)[O-])c2ccccc21. The van der Waals surface area contributed by atoms with Gasteiger partial charge in [0.2, 0.25) is 0 Å². The molecule has 0 fully saturated rings. The highest BCUT2D eigenvalue weighted by Crippen LogP contribution is 2.27. The van der Waals surface area contributed by atoms with Crippen molar-refractivity contribution in [1.82, 2.24) is 0 Å². The molecule has 0 saturated heterocycles. The molecule has 0 aromatic heterocycles. The molecule has 0 atom stereocenters. The fourth-order valence-electron chi connectivity index (χ4n) is 2.45. The van der Waals surface area contributed by atoms with Gasteiger partial charge in [-0.3, -0.25) is 4.79 Å². The Morgan fingerprint density at radius 1 is 1.20 bits per heavy atom. The summed E-state index contributed by atoms with van der Waals surface area (Å²) in [6, 6.07) is 14.1. The van der Waals surface area contributed by atoms with Crippen LogP contribution in [0.3, 0.4) is 0 Å². The van der Waals surface area contributed by atoms with E-state index in [1.807, 2.05) is 24.3 Å². The summed E-state index contributed by atoms with van der Waals surface area (Å²) in [4.78, 5) is 24.3. The largest absolute Gasteiger partial charge is 0.546 e. The Morgan fingerprint density at radius 3 is 2.72 bits per heavy atom. The first-order valence-corrected chi connectivity index (χ1v) is 7.48. The van der Waals surface area contributed by atoms with Gasteiger partial charge in [0.15, 0.2) is 5.71 Å². The van der Waals surface area contributed by atoms with E-state index in [9.17, 15) is 14.7 Å². The second kappa shape index (κ2) is 6.96. The Hall–Kier alpha value is -3.48. The Labute approximate surface area is 143 Å². The normalized spacial score (nSPS) is 15.0. The third-order valence-corrected chi connectivity index (χ3v) is 3.65. The maximum atomic E-state index is 12.3. The number of carboxylic acids is 1. The van der Waals surface area contributed by atoms with E-state index in [4.69, 9.17) is 4.74 Å². The Kier molecular flexibility index (Phi) is 4.56. The molecule has 1 aliphatic heterocycles. The van der Waals surface area contributed by atoms with Crippen LogP contribution < -0.4 is 14.7 Å². The third-order valence-electron chi connectivity index (χ3n) is 3.65. The molecular weight excluding hydrogens is 322 g/mol. The Bertz CT molecular complexity index is 889. The van der Waals surface area contributed by atoms with Crippen LogP contribution in [0.15, 0.2) is 58.7 Å². The van der Waals surface area contributed by atoms with Crippen molar-refractivity contribution < 1.29 is 19.4 Å². The monoisotopic (exact) mass is 336 g/mol. The summed E-state index contributed by atoms with van der Waals surface area (Å²) < 4.78 is 5.14. The molecule has 0 radical (unpaired) electrons. The quantitative estimate of drug-likeness (QED) is 0.591. The van der Waals surface area contributed by atoms with Crippen LogP contribution in [0.1, 0.15) is 11.1 Å². The van der Waals surface area contributed by atoms with Crippen molar-refractivity contribution in [3.05, 3.63) is 59.7 Å². The highest BCUT2D eigenvalue weighted by Gasteiger charge is 2.30. The van der Waals surface area contributed by atoms with Crippen LogP contribution in [-0.2, 0) is 9.59 Å². The predicted octanol–water partition coefficient (Wildman–Crippen LogP) is 0.615. The number of rotatable bonds is 5. The summed E-state index contributed by atoms with van der Waals surface area (Å²) in [5.41, 5.74) is 2.29. The van der Waals surface area contributed by atoms with E-state index in [0.29, 0.717) is 16.9 Å². The number of amides is 1. The molecule has 1 amide bonds. The Balaban J connectivity index is 1.85. The molecule has 1 aliphatic rings. The molecule has 3 rings (SSSR count). The van der Waals surface area contributed by atoms with Crippen LogP contribution >= 0.6 is 0 Å². The second-order valence-electron chi connectivity index (χ2n) is 5.27. The molecule has 1 heterocycles. The summed E-state index contributed by atoms with van der Waals surface area (Å²) in [6.07, 6.45) is 1.41.